The summed E-state index contributed by atoms with van der Waals surface area (Å²) in [5.41, 5.74) is 0.601. The molecule has 26 heavy (non-hydrogen) atoms. The molecule has 1 saturated heterocycles. The number of ether oxygens (including phenoxy) is 1. The SMILES string of the molecule is COc1ccc(C(=O)N2CCN(C(=O)CNC(=O)NC3CC3)CC2)cc1. The molecule has 8 heteroatoms. The largest absolute Gasteiger partial charge is 0.497 e. The Kier molecular flexibility index (Phi) is 5.60. The number of carbonyl (C=O) groups excluding carboxylic acids is 3. The van der Waals surface area contributed by atoms with Crippen molar-refractivity contribution in [2.45, 2.75) is 18.9 Å². The summed E-state index contributed by atoms with van der Waals surface area (Å²) >= 11 is 0. The second kappa shape index (κ2) is 8.07. The van der Waals surface area contributed by atoms with Crippen molar-refractivity contribution in [1.29, 1.82) is 0 Å². The fourth-order valence-electron chi connectivity index (χ4n) is 2.81. The number of carbonyl (C=O) groups is 3. The number of nitrogens with zero attached hydrogens (tertiary/aromatic N) is 2. The number of piperazine rings is 1. The van der Waals surface area contributed by atoms with Crippen molar-refractivity contribution in [1.82, 2.24) is 20.4 Å². The second-order valence-corrected chi connectivity index (χ2v) is 6.50. The zero-order chi connectivity index (χ0) is 18.5. The molecule has 1 aliphatic heterocycles. The molecule has 1 saturated carbocycles. The molecular weight excluding hydrogens is 336 g/mol. The predicted octanol–water partition coefficient (Wildman–Crippen LogP) is 0.441. The fraction of sp³-hybridized carbons (Fsp3) is 0.500. The number of urea groups is 1. The first-order valence-electron chi connectivity index (χ1n) is 8.82. The number of hydrogen-bond donors (Lipinski definition) is 2. The van der Waals surface area contributed by atoms with Crippen LogP contribution in [0, 0.1) is 0 Å². The van der Waals surface area contributed by atoms with E-state index in [2.05, 4.69) is 10.6 Å². The minimum atomic E-state index is -0.297. The van der Waals surface area contributed by atoms with Gasteiger partial charge < -0.3 is 25.2 Å². The molecule has 0 unspecified atom stereocenters. The maximum Gasteiger partial charge on any atom is 0.315 e. The molecule has 8 nitrogen and oxygen atoms in total. The number of rotatable bonds is 5. The molecule has 3 rings (SSSR count). The van der Waals surface area contributed by atoms with E-state index in [1.807, 2.05) is 0 Å². The van der Waals surface area contributed by atoms with Crippen LogP contribution in [0.2, 0.25) is 0 Å². The van der Waals surface area contributed by atoms with Crippen LogP contribution >= 0.6 is 0 Å². The Bertz CT molecular complexity index is 664. The lowest BCUT2D eigenvalue weighted by Gasteiger charge is -2.34. The molecule has 1 aliphatic carbocycles. The summed E-state index contributed by atoms with van der Waals surface area (Å²) in [6.07, 6.45) is 2.01. The van der Waals surface area contributed by atoms with Crippen LogP contribution in [-0.2, 0) is 4.79 Å². The van der Waals surface area contributed by atoms with Gasteiger partial charge in [0.05, 0.1) is 13.7 Å². The molecule has 4 amide bonds. The first kappa shape index (κ1) is 18.0. The Morgan fingerprint density at radius 1 is 1.04 bits per heavy atom. The lowest BCUT2D eigenvalue weighted by atomic mass is 10.1. The molecule has 1 aromatic carbocycles. The number of benzene rings is 1. The van der Waals surface area contributed by atoms with E-state index >= 15 is 0 Å². The number of hydrogen-bond acceptors (Lipinski definition) is 4. The van der Waals surface area contributed by atoms with Crippen molar-refractivity contribution in [3.63, 3.8) is 0 Å². The van der Waals surface area contributed by atoms with Crippen molar-refractivity contribution in [2.24, 2.45) is 0 Å². The quantitative estimate of drug-likeness (QED) is 0.797. The Balaban J connectivity index is 1.43. The van der Waals surface area contributed by atoms with Gasteiger partial charge in [-0.25, -0.2) is 4.79 Å². The summed E-state index contributed by atoms with van der Waals surface area (Å²) in [4.78, 5) is 39.7. The molecule has 2 fully saturated rings. The van der Waals surface area contributed by atoms with Crippen LogP contribution in [0.3, 0.4) is 0 Å². The summed E-state index contributed by atoms with van der Waals surface area (Å²) in [5.74, 6) is 0.518. The average Bonchev–Trinajstić information content (AvgIpc) is 3.49. The molecule has 140 valence electrons. The molecule has 0 bridgehead atoms. The smallest absolute Gasteiger partial charge is 0.315 e. The Morgan fingerprint density at radius 2 is 1.65 bits per heavy atom. The van der Waals surface area contributed by atoms with E-state index in [0.29, 0.717) is 37.5 Å². The second-order valence-electron chi connectivity index (χ2n) is 6.50. The highest BCUT2D eigenvalue weighted by molar-refractivity contribution is 5.94. The molecule has 0 spiro atoms. The van der Waals surface area contributed by atoms with Crippen LogP contribution in [0.4, 0.5) is 4.79 Å². The van der Waals surface area contributed by atoms with Crippen LogP contribution < -0.4 is 15.4 Å². The monoisotopic (exact) mass is 360 g/mol. The van der Waals surface area contributed by atoms with E-state index in [9.17, 15) is 14.4 Å². The van der Waals surface area contributed by atoms with Gasteiger partial charge in [-0.2, -0.15) is 0 Å². The van der Waals surface area contributed by atoms with Gasteiger partial charge in [0.15, 0.2) is 0 Å². The highest BCUT2D eigenvalue weighted by atomic mass is 16.5. The standard InChI is InChI=1S/C18H24N4O4/c1-26-15-6-2-13(3-7-15)17(24)22-10-8-21(9-11-22)16(23)12-19-18(25)20-14-4-5-14/h2-3,6-7,14H,4-5,8-12H2,1H3,(H2,19,20,25). The predicted molar refractivity (Wildman–Crippen MR) is 95.0 cm³/mol. The Labute approximate surface area is 152 Å². The molecule has 2 aliphatic rings. The summed E-state index contributed by atoms with van der Waals surface area (Å²) in [7, 11) is 1.58. The molecule has 0 atom stereocenters. The average molecular weight is 360 g/mol. The van der Waals surface area contributed by atoms with Crippen LogP contribution in [0.5, 0.6) is 5.75 Å². The highest BCUT2D eigenvalue weighted by Gasteiger charge is 2.26. The van der Waals surface area contributed by atoms with Gasteiger partial charge >= 0.3 is 6.03 Å². The summed E-state index contributed by atoms with van der Waals surface area (Å²) in [6, 6.07) is 6.95. The van der Waals surface area contributed by atoms with E-state index in [1.54, 1.807) is 41.2 Å². The van der Waals surface area contributed by atoms with E-state index in [0.717, 1.165) is 12.8 Å². The summed E-state index contributed by atoms with van der Waals surface area (Å²) < 4.78 is 5.10. The Hall–Kier alpha value is -2.77. The van der Waals surface area contributed by atoms with Crippen LogP contribution in [0.15, 0.2) is 24.3 Å². The van der Waals surface area contributed by atoms with Crippen molar-refractivity contribution in [3.8, 4) is 5.75 Å². The van der Waals surface area contributed by atoms with E-state index in [1.165, 1.54) is 0 Å². The van der Waals surface area contributed by atoms with Crippen molar-refractivity contribution < 1.29 is 19.1 Å². The van der Waals surface area contributed by atoms with E-state index < -0.39 is 0 Å². The topological polar surface area (TPSA) is 91.0 Å². The van der Waals surface area contributed by atoms with Crippen LogP contribution in [-0.4, -0.2) is 73.5 Å². The highest BCUT2D eigenvalue weighted by Crippen LogP contribution is 2.18. The first-order valence-corrected chi connectivity index (χ1v) is 8.82. The normalized spacial score (nSPS) is 16.8. The molecule has 0 aromatic heterocycles. The van der Waals surface area contributed by atoms with Crippen LogP contribution in [0.1, 0.15) is 23.2 Å². The number of amides is 4. The molecule has 0 radical (unpaired) electrons. The van der Waals surface area contributed by atoms with Gasteiger partial charge in [0.1, 0.15) is 5.75 Å². The Morgan fingerprint density at radius 3 is 2.23 bits per heavy atom. The lowest BCUT2D eigenvalue weighted by Crippen LogP contribution is -2.53. The van der Waals surface area contributed by atoms with Gasteiger partial charge in [-0.05, 0) is 37.1 Å². The number of nitrogens with one attached hydrogen (secondary N) is 2. The van der Waals surface area contributed by atoms with Gasteiger partial charge in [0.2, 0.25) is 5.91 Å². The molecule has 1 aromatic rings. The third-order valence-electron chi connectivity index (χ3n) is 4.57. The third kappa shape index (κ3) is 4.65. The zero-order valence-corrected chi connectivity index (χ0v) is 14.9. The number of methoxy groups -OCH3 is 1. The maximum absolute atomic E-state index is 12.5. The third-order valence-corrected chi connectivity index (χ3v) is 4.57. The molecule has 1 heterocycles. The minimum absolute atomic E-state index is 0.0228. The minimum Gasteiger partial charge on any atom is -0.497 e. The van der Waals surface area contributed by atoms with Crippen molar-refractivity contribution in [2.75, 3.05) is 39.8 Å². The van der Waals surface area contributed by atoms with Gasteiger partial charge in [-0.1, -0.05) is 0 Å². The van der Waals surface area contributed by atoms with Crippen LogP contribution in [0.25, 0.3) is 0 Å². The van der Waals surface area contributed by atoms with Gasteiger partial charge in [-0.3, -0.25) is 9.59 Å². The summed E-state index contributed by atoms with van der Waals surface area (Å²) in [6.45, 7) is 1.86. The molecular formula is C18H24N4O4. The van der Waals surface area contributed by atoms with Gasteiger partial charge in [-0.15, -0.1) is 0 Å². The van der Waals surface area contributed by atoms with Crippen molar-refractivity contribution >= 4 is 17.8 Å². The molecule has 2 N–H and O–H groups in total. The fourth-order valence-corrected chi connectivity index (χ4v) is 2.81. The van der Waals surface area contributed by atoms with Gasteiger partial charge in [0, 0.05) is 37.8 Å². The van der Waals surface area contributed by atoms with E-state index in [4.69, 9.17) is 4.74 Å². The zero-order valence-electron chi connectivity index (χ0n) is 14.9. The first-order chi connectivity index (χ1) is 12.6. The lowest BCUT2D eigenvalue weighted by molar-refractivity contribution is -0.131. The van der Waals surface area contributed by atoms with Gasteiger partial charge in [0.25, 0.3) is 5.91 Å². The summed E-state index contributed by atoms with van der Waals surface area (Å²) in [5, 5.41) is 5.37. The van der Waals surface area contributed by atoms with Crippen molar-refractivity contribution in [3.05, 3.63) is 29.8 Å². The van der Waals surface area contributed by atoms with E-state index in [-0.39, 0.29) is 30.4 Å². The maximum atomic E-state index is 12.5.